The van der Waals surface area contributed by atoms with Gasteiger partial charge in [0.2, 0.25) is 0 Å². The maximum atomic E-state index is 2.61. The molecular weight excluding hydrogens is 496 g/mol. The fourth-order valence-corrected chi connectivity index (χ4v) is 6.55. The van der Waals surface area contributed by atoms with Crippen molar-refractivity contribution in [3.05, 3.63) is 48.3 Å². The number of nitrogens with zero attached hydrogens (tertiary/aromatic N) is 2. The Labute approximate surface area is 257 Å². The summed E-state index contributed by atoms with van der Waals surface area (Å²) >= 11 is 0. The summed E-state index contributed by atoms with van der Waals surface area (Å²) in [5.74, 6) is 0. The zero-order valence-corrected chi connectivity index (χ0v) is 27.8. The molecule has 0 aliphatic carbocycles. The Morgan fingerprint density at radius 1 is 0.390 bits per heavy atom. The van der Waals surface area contributed by atoms with Crippen molar-refractivity contribution in [2.75, 3.05) is 13.1 Å². The normalized spacial score (nSPS) is 14.9. The molecule has 1 aromatic rings. The molecule has 0 saturated carbocycles. The zero-order valence-electron chi connectivity index (χ0n) is 27.8. The van der Waals surface area contributed by atoms with E-state index in [9.17, 15) is 0 Å². The van der Waals surface area contributed by atoms with Gasteiger partial charge in [-0.3, -0.25) is 0 Å². The lowest BCUT2D eigenvalue weighted by Gasteiger charge is -2.33. The summed E-state index contributed by atoms with van der Waals surface area (Å²) in [6, 6.07) is 11.2. The number of hydrogen-bond acceptors (Lipinski definition) is 2. The monoisotopic (exact) mass is 567 g/mol. The van der Waals surface area contributed by atoms with Gasteiger partial charge in [0.15, 0.2) is 0 Å². The fraction of sp³-hybridized carbons (Fsp3) is 0.795. The van der Waals surface area contributed by atoms with E-state index >= 15 is 0 Å². The molecule has 0 aromatic heterocycles. The Hall–Kier alpha value is -1.44. The summed E-state index contributed by atoms with van der Waals surface area (Å²) in [6.07, 6.45) is 42.1. The second kappa shape index (κ2) is 26.2. The smallest absolute Gasteiger partial charge is 0.127 e. The Balaban J connectivity index is 1.52. The number of unbranched alkanes of at least 4 members (excludes halogenated alkanes) is 24. The van der Waals surface area contributed by atoms with Gasteiger partial charge in [-0.2, -0.15) is 0 Å². The highest BCUT2D eigenvalue weighted by Gasteiger charge is 2.26. The lowest BCUT2D eigenvalue weighted by Crippen LogP contribution is -2.32. The summed E-state index contributed by atoms with van der Waals surface area (Å²) in [4.78, 5) is 5.21. The maximum absolute atomic E-state index is 2.61. The Bertz CT molecular complexity index is 699. The first-order chi connectivity index (χ1) is 20.4. The number of benzene rings is 1. The number of rotatable bonds is 29. The first-order valence-corrected chi connectivity index (χ1v) is 18.6. The molecule has 0 saturated heterocycles. The quantitative estimate of drug-likeness (QED) is 0.0890. The van der Waals surface area contributed by atoms with Crippen molar-refractivity contribution in [3.8, 4) is 0 Å². The van der Waals surface area contributed by atoms with Gasteiger partial charge in [0.1, 0.15) is 6.17 Å². The lowest BCUT2D eigenvalue weighted by atomic mass is 10.0. The van der Waals surface area contributed by atoms with E-state index in [-0.39, 0.29) is 0 Å². The summed E-state index contributed by atoms with van der Waals surface area (Å²) in [6.45, 7) is 6.98. The van der Waals surface area contributed by atoms with E-state index in [1.54, 1.807) is 0 Å². The molecule has 1 heterocycles. The molecule has 2 nitrogen and oxygen atoms in total. The van der Waals surface area contributed by atoms with Gasteiger partial charge in [0, 0.05) is 25.5 Å². The second-order valence-electron chi connectivity index (χ2n) is 13.0. The lowest BCUT2D eigenvalue weighted by molar-refractivity contribution is 0.149. The van der Waals surface area contributed by atoms with Gasteiger partial charge in [-0.1, -0.05) is 198 Å². The SMILES string of the molecule is CCCCCCCCCCCCCCCCCN1C=CN(CCCCCCCCCCCCC)C1c1ccccc1. The highest BCUT2D eigenvalue weighted by atomic mass is 15.4. The van der Waals surface area contributed by atoms with Crippen LogP contribution in [0.2, 0.25) is 0 Å². The molecule has 236 valence electrons. The van der Waals surface area contributed by atoms with E-state index in [0.29, 0.717) is 6.17 Å². The minimum absolute atomic E-state index is 0.394. The number of hydrogen-bond donors (Lipinski definition) is 0. The first kappa shape index (κ1) is 35.8. The third kappa shape index (κ3) is 18.0. The minimum atomic E-state index is 0.394. The molecule has 1 aliphatic heterocycles. The molecule has 0 fully saturated rings. The zero-order chi connectivity index (χ0) is 29.1. The highest BCUT2D eigenvalue weighted by Crippen LogP contribution is 2.31. The molecule has 0 N–H and O–H groups in total. The highest BCUT2D eigenvalue weighted by molar-refractivity contribution is 5.21. The molecule has 1 aromatic carbocycles. The van der Waals surface area contributed by atoms with Gasteiger partial charge in [-0.25, -0.2) is 0 Å². The van der Waals surface area contributed by atoms with Crippen LogP contribution in [0.3, 0.4) is 0 Å². The van der Waals surface area contributed by atoms with Crippen LogP contribution in [0, 0.1) is 0 Å². The molecule has 0 bridgehead atoms. The van der Waals surface area contributed by atoms with Crippen LogP contribution in [0.5, 0.6) is 0 Å². The predicted molar refractivity (Wildman–Crippen MR) is 183 cm³/mol. The Morgan fingerprint density at radius 2 is 0.683 bits per heavy atom. The molecule has 2 rings (SSSR count). The second-order valence-corrected chi connectivity index (χ2v) is 13.0. The van der Waals surface area contributed by atoms with E-state index in [0.717, 1.165) is 0 Å². The van der Waals surface area contributed by atoms with Crippen molar-refractivity contribution < 1.29 is 0 Å². The molecule has 2 heteroatoms. The van der Waals surface area contributed by atoms with Gasteiger partial charge in [0.05, 0.1) is 0 Å². The van der Waals surface area contributed by atoms with E-state index < -0.39 is 0 Å². The van der Waals surface area contributed by atoms with Gasteiger partial charge in [-0.15, -0.1) is 0 Å². The van der Waals surface area contributed by atoms with Crippen molar-refractivity contribution in [2.45, 2.75) is 187 Å². The van der Waals surface area contributed by atoms with Gasteiger partial charge in [-0.05, 0) is 18.4 Å². The molecule has 1 unspecified atom stereocenters. The van der Waals surface area contributed by atoms with Crippen LogP contribution < -0.4 is 0 Å². The van der Waals surface area contributed by atoms with Crippen molar-refractivity contribution in [3.63, 3.8) is 0 Å². The summed E-state index contributed by atoms with van der Waals surface area (Å²) in [5, 5.41) is 0. The van der Waals surface area contributed by atoms with Crippen LogP contribution in [0.15, 0.2) is 42.7 Å². The van der Waals surface area contributed by atoms with E-state index in [1.165, 1.54) is 186 Å². The Kier molecular flexibility index (Phi) is 22.9. The summed E-state index contributed by atoms with van der Waals surface area (Å²) in [5.41, 5.74) is 1.45. The van der Waals surface area contributed by atoms with Crippen LogP contribution in [0.25, 0.3) is 0 Å². The average Bonchev–Trinajstić information content (AvgIpc) is 3.40. The minimum Gasteiger partial charge on any atom is -0.352 e. The standard InChI is InChI=1S/C39H70N2/c1-3-5-7-9-11-13-15-16-17-18-20-22-24-26-31-35-41-37-36-40(39(41)38-32-28-27-29-33-38)34-30-25-23-21-19-14-12-10-8-6-4-2/h27-29,32-33,36-37,39H,3-26,30-31,34-35H2,1-2H3. The molecule has 0 amide bonds. The molecule has 0 spiro atoms. The van der Waals surface area contributed by atoms with Crippen LogP contribution in [-0.2, 0) is 0 Å². The third-order valence-corrected chi connectivity index (χ3v) is 9.22. The van der Waals surface area contributed by atoms with E-state index in [4.69, 9.17) is 0 Å². The molecule has 1 atom stereocenters. The molecule has 1 aliphatic rings. The molecular formula is C39H70N2. The van der Waals surface area contributed by atoms with E-state index in [1.807, 2.05) is 0 Å². The van der Waals surface area contributed by atoms with Gasteiger partial charge < -0.3 is 9.80 Å². The average molecular weight is 567 g/mol. The molecule has 41 heavy (non-hydrogen) atoms. The van der Waals surface area contributed by atoms with Crippen LogP contribution in [0.1, 0.15) is 193 Å². The van der Waals surface area contributed by atoms with Crippen molar-refractivity contribution in [2.24, 2.45) is 0 Å². The Morgan fingerprint density at radius 3 is 1.00 bits per heavy atom. The largest absolute Gasteiger partial charge is 0.352 e. The van der Waals surface area contributed by atoms with Crippen LogP contribution in [0.4, 0.5) is 0 Å². The summed E-state index contributed by atoms with van der Waals surface area (Å²) in [7, 11) is 0. The molecule has 0 radical (unpaired) electrons. The van der Waals surface area contributed by atoms with Crippen molar-refractivity contribution >= 4 is 0 Å². The van der Waals surface area contributed by atoms with Crippen LogP contribution in [-0.4, -0.2) is 22.9 Å². The summed E-state index contributed by atoms with van der Waals surface area (Å²) < 4.78 is 0. The van der Waals surface area contributed by atoms with Gasteiger partial charge >= 0.3 is 0 Å². The topological polar surface area (TPSA) is 6.48 Å². The van der Waals surface area contributed by atoms with Crippen LogP contribution >= 0.6 is 0 Å². The first-order valence-electron chi connectivity index (χ1n) is 18.6. The van der Waals surface area contributed by atoms with Gasteiger partial charge in [0.25, 0.3) is 0 Å². The van der Waals surface area contributed by atoms with E-state index in [2.05, 4.69) is 66.4 Å². The van der Waals surface area contributed by atoms with Crippen molar-refractivity contribution in [1.29, 1.82) is 0 Å². The maximum Gasteiger partial charge on any atom is 0.127 e. The third-order valence-electron chi connectivity index (χ3n) is 9.22. The fourth-order valence-electron chi connectivity index (χ4n) is 6.55. The predicted octanol–water partition coefficient (Wildman–Crippen LogP) is 13.0. The van der Waals surface area contributed by atoms with Crippen molar-refractivity contribution in [1.82, 2.24) is 9.80 Å².